The van der Waals surface area contributed by atoms with Crippen LogP contribution in [0.25, 0.3) is 11.3 Å². The number of H-pyrrole nitrogens is 1. The van der Waals surface area contributed by atoms with Crippen molar-refractivity contribution in [3.05, 3.63) is 65.5 Å². The van der Waals surface area contributed by atoms with Gasteiger partial charge in [0.2, 0.25) is 0 Å². The Morgan fingerprint density at radius 2 is 2.14 bits per heavy atom. The van der Waals surface area contributed by atoms with E-state index in [0.717, 1.165) is 37.3 Å². The van der Waals surface area contributed by atoms with Gasteiger partial charge in [0.25, 0.3) is 5.91 Å². The van der Waals surface area contributed by atoms with Crippen LogP contribution in [0, 0.1) is 12.7 Å². The SMILES string of the molecule is Cc1cc(-c2cc(C(=O)NCC(c3ccco3)N3CCCC3)[nH]n2)ccc1F. The second-order valence-electron chi connectivity index (χ2n) is 7.12. The standard InChI is InChI=1S/C21H23FN4O2/c1-14-11-15(6-7-16(14)22)17-12-18(25-24-17)21(27)23-13-19(20-5-4-10-28-20)26-8-2-3-9-26/h4-7,10-12,19H,2-3,8-9,13H2,1H3,(H,23,27)(H,24,25). The lowest BCUT2D eigenvalue weighted by molar-refractivity contribution is 0.0928. The molecule has 7 heteroatoms. The molecule has 2 aromatic heterocycles. The first-order valence-electron chi connectivity index (χ1n) is 9.49. The van der Waals surface area contributed by atoms with Crippen LogP contribution < -0.4 is 5.32 Å². The van der Waals surface area contributed by atoms with Gasteiger partial charge >= 0.3 is 0 Å². The molecule has 1 unspecified atom stereocenters. The largest absolute Gasteiger partial charge is 0.468 e. The fraction of sp³-hybridized carbons (Fsp3) is 0.333. The quantitative estimate of drug-likeness (QED) is 0.682. The molecule has 1 atom stereocenters. The average molecular weight is 382 g/mol. The number of halogens is 1. The molecule has 1 amide bonds. The molecule has 1 saturated heterocycles. The van der Waals surface area contributed by atoms with Crippen LogP contribution in [0.15, 0.2) is 47.1 Å². The lowest BCUT2D eigenvalue weighted by Crippen LogP contribution is -2.36. The van der Waals surface area contributed by atoms with E-state index in [1.165, 1.54) is 6.07 Å². The Balaban J connectivity index is 1.44. The van der Waals surface area contributed by atoms with Crippen molar-refractivity contribution in [1.29, 1.82) is 0 Å². The van der Waals surface area contributed by atoms with Gasteiger partial charge in [-0.25, -0.2) is 4.39 Å². The zero-order valence-electron chi connectivity index (χ0n) is 15.7. The van der Waals surface area contributed by atoms with E-state index in [1.54, 1.807) is 31.4 Å². The highest BCUT2D eigenvalue weighted by molar-refractivity contribution is 5.93. The van der Waals surface area contributed by atoms with E-state index in [1.807, 2.05) is 12.1 Å². The van der Waals surface area contributed by atoms with Crippen molar-refractivity contribution in [2.45, 2.75) is 25.8 Å². The zero-order chi connectivity index (χ0) is 19.5. The number of nitrogens with zero attached hydrogens (tertiary/aromatic N) is 2. The van der Waals surface area contributed by atoms with Crippen LogP contribution in [0.5, 0.6) is 0 Å². The number of likely N-dealkylation sites (tertiary alicyclic amines) is 1. The van der Waals surface area contributed by atoms with Crippen LogP contribution in [-0.4, -0.2) is 40.6 Å². The lowest BCUT2D eigenvalue weighted by atomic mass is 10.1. The Bertz CT molecular complexity index is 945. The van der Waals surface area contributed by atoms with E-state index < -0.39 is 0 Å². The van der Waals surface area contributed by atoms with Crippen LogP contribution in [0.1, 0.15) is 40.7 Å². The summed E-state index contributed by atoms with van der Waals surface area (Å²) in [5, 5.41) is 9.95. The smallest absolute Gasteiger partial charge is 0.269 e. The Morgan fingerprint density at radius 3 is 2.86 bits per heavy atom. The first kappa shape index (κ1) is 18.4. The van der Waals surface area contributed by atoms with Crippen molar-refractivity contribution in [3.8, 4) is 11.3 Å². The molecule has 0 aliphatic carbocycles. The molecule has 0 radical (unpaired) electrons. The Kier molecular flexibility index (Phi) is 5.25. The molecule has 0 spiro atoms. The van der Waals surface area contributed by atoms with Crippen LogP contribution in [0.2, 0.25) is 0 Å². The molecule has 3 heterocycles. The molecule has 1 fully saturated rings. The second kappa shape index (κ2) is 7.98. The maximum Gasteiger partial charge on any atom is 0.269 e. The molecule has 1 aromatic carbocycles. The minimum Gasteiger partial charge on any atom is -0.468 e. The molecule has 1 aliphatic rings. The maximum atomic E-state index is 13.5. The molecule has 1 aliphatic heterocycles. The summed E-state index contributed by atoms with van der Waals surface area (Å²) in [5.74, 6) is 0.366. The number of nitrogens with one attached hydrogen (secondary N) is 2. The summed E-state index contributed by atoms with van der Waals surface area (Å²) < 4.78 is 19.0. The second-order valence-corrected chi connectivity index (χ2v) is 7.12. The van der Waals surface area contributed by atoms with Gasteiger partial charge in [0, 0.05) is 12.1 Å². The highest BCUT2D eigenvalue weighted by Crippen LogP contribution is 2.25. The third-order valence-corrected chi connectivity index (χ3v) is 5.19. The van der Waals surface area contributed by atoms with Crippen LogP contribution in [0.3, 0.4) is 0 Å². The van der Waals surface area contributed by atoms with Gasteiger partial charge in [-0.05, 0) is 74.8 Å². The summed E-state index contributed by atoms with van der Waals surface area (Å²) in [4.78, 5) is 14.9. The van der Waals surface area contributed by atoms with E-state index in [9.17, 15) is 9.18 Å². The Morgan fingerprint density at radius 1 is 1.32 bits per heavy atom. The van der Waals surface area contributed by atoms with Crippen LogP contribution >= 0.6 is 0 Å². The minimum atomic E-state index is -0.261. The predicted molar refractivity (Wildman–Crippen MR) is 103 cm³/mol. The van der Waals surface area contributed by atoms with Crippen LogP contribution in [0.4, 0.5) is 4.39 Å². The fourth-order valence-electron chi connectivity index (χ4n) is 3.62. The number of rotatable bonds is 6. The lowest BCUT2D eigenvalue weighted by Gasteiger charge is -2.25. The summed E-state index contributed by atoms with van der Waals surface area (Å²) in [6, 6.07) is 10.3. The third-order valence-electron chi connectivity index (χ3n) is 5.19. The van der Waals surface area contributed by atoms with Gasteiger partial charge < -0.3 is 9.73 Å². The highest BCUT2D eigenvalue weighted by atomic mass is 19.1. The van der Waals surface area contributed by atoms with Crippen molar-refractivity contribution in [1.82, 2.24) is 20.4 Å². The number of furan rings is 1. The van der Waals surface area contributed by atoms with Gasteiger partial charge in [0.05, 0.1) is 18.0 Å². The first-order chi connectivity index (χ1) is 13.6. The summed E-state index contributed by atoms with van der Waals surface area (Å²) in [7, 11) is 0. The van der Waals surface area contributed by atoms with Crippen molar-refractivity contribution in [3.63, 3.8) is 0 Å². The maximum absolute atomic E-state index is 13.5. The number of amides is 1. The summed E-state index contributed by atoms with van der Waals surface area (Å²) >= 11 is 0. The molecule has 2 N–H and O–H groups in total. The summed E-state index contributed by atoms with van der Waals surface area (Å²) in [6.45, 7) is 4.15. The molecular weight excluding hydrogens is 359 g/mol. The molecule has 0 saturated carbocycles. The monoisotopic (exact) mass is 382 g/mol. The van der Waals surface area contributed by atoms with Gasteiger partial charge in [-0.15, -0.1) is 0 Å². The number of hydrogen-bond acceptors (Lipinski definition) is 4. The predicted octanol–water partition coefficient (Wildman–Crippen LogP) is 3.68. The number of carbonyl (C=O) groups excluding carboxylic acids is 1. The average Bonchev–Trinajstić information content (AvgIpc) is 3.46. The van der Waals surface area contributed by atoms with Crippen molar-refractivity contribution >= 4 is 5.91 Å². The number of aromatic amines is 1. The van der Waals surface area contributed by atoms with Gasteiger partial charge in [0.1, 0.15) is 17.3 Å². The Hall–Kier alpha value is -2.93. The molecule has 0 bridgehead atoms. The van der Waals surface area contributed by atoms with E-state index in [2.05, 4.69) is 20.4 Å². The van der Waals surface area contributed by atoms with Crippen molar-refractivity contribution in [2.24, 2.45) is 0 Å². The highest BCUT2D eigenvalue weighted by Gasteiger charge is 2.26. The zero-order valence-corrected chi connectivity index (χ0v) is 15.7. The van der Waals surface area contributed by atoms with Crippen molar-refractivity contribution in [2.75, 3.05) is 19.6 Å². The van der Waals surface area contributed by atoms with Gasteiger partial charge in [-0.2, -0.15) is 5.10 Å². The molecule has 3 aromatic rings. The van der Waals surface area contributed by atoms with Gasteiger partial charge in [0.15, 0.2) is 0 Å². The normalized spacial score (nSPS) is 15.6. The van der Waals surface area contributed by atoms with E-state index in [-0.39, 0.29) is 17.8 Å². The van der Waals surface area contributed by atoms with Crippen molar-refractivity contribution < 1.29 is 13.6 Å². The van der Waals surface area contributed by atoms with Gasteiger partial charge in [-0.3, -0.25) is 14.8 Å². The summed E-state index contributed by atoms with van der Waals surface area (Å²) in [5.41, 5.74) is 2.28. The molecule has 28 heavy (non-hydrogen) atoms. The number of carbonyl (C=O) groups is 1. The van der Waals surface area contributed by atoms with E-state index >= 15 is 0 Å². The number of aromatic nitrogens is 2. The third kappa shape index (κ3) is 3.84. The fourth-order valence-corrected chi connectivity index (χ4v) is 3.62. The van der Waals surface area contributed by atoms with E-state index in [4.69, 9.17) is 4.42 Å². The summed E-state index contributed by atoms with van der Waals surface area (Å²) in [6.07, 6.45) is 3.98. The van der Waals surface area contributed by atoms with Gasteiger partial charge in [-0.1, -0.05) is 0 Å². The topological polar surface area (TPSA) is 74.2 Å². The van der Waals surface area contributed by atoms with Crippen LogP contribution in [-0.2, 0) is 0 Å². The number of aryl methyl sites for hydroxylation is 1. The molecular formula is C21H23FN4O2. The Labute approximate surface area is 162 Å². The molecule has 6 nitrogen and oxygen atoms in total. The minimum absolute atomic E-state index is 0.0172. The van der Waals surface area contributed by atoms with E-state index in [0.29, 0.717) is 23.5 Å². The first-order valence-corrected chi connectivity index (χ1v) is 9.49. The molecule has 4 rings (SSSR count). The number of hydrogen-bond donors (Lipinski definition) is 2. The number of benzene rings is 1. The molecule has 146 valence electrons.